The molecule has 2 aromatic carbocycles. The third kappa shape index (κ3) is 2.57. The fourth-order valence-electron chi connectivity index (χ4n) is 2.41. The van der Waals surface area contributed by atoms with Gasteiger partial charge in [0.25, 0.3) is 0 Å². The molecule has 0 aliphatic rings. The minimum absolute atomic E-state index is 0.0811. The zero-order valence-electron chi connectivity index (χ0n) is 11.5. The lowest BCUT2D eigenvalue weighted by molar-refractivity contribution is -0.115. The summed E-state index contributed by atoms with van der Waals surface area (Å²) < 4.78 is 18.6. The van der Waals surface area contributed by atoms with Crippen LogP contribution in [0.15, 0.2) is 53.1 Å². The molecule has 0 amide bonds. The molecular weight excluding hydrogens is 283 g/mol. The Labute approximate surface area is 125 Å². The van der Waals surface area contributed by atoms with E-state index in [1.807, 2.05) is 12.1 Å². The van der Waals surface area contributed by atoms with Gasteiger partial charge >= 0.3 is 6.21 Å². The number of fused-ring (bicyclic) bond motifs is 1. The van der Waals surface area contributed by atoms with E-state index < -0.39 is 0 Å². The van der Waals surface area contributed by atoms with Gasteiger partial charge in [0.05, 0.1) is 6.26 Å². The summed E-state index contributed by atoms with van der Waals surface area (Å²) in [6, 6.07) is 11.6. The summed E-state index contributed by atoms with van der Waals surface area (Å²) >= 11 is 0. The van der Waals surface area contributed by atoms with Gasteiger partial charge in [-0.05, 0) is 17.7 Å². The van der Waals surface area contributed by atoms with Crippen molar-refractivity contribution < 1.29 is 18.4 Å². The van der Waals surface area contributed by atoms with Crippen LogP contribution in [0.3, 0.4) is 0 Å². The first-order valence-corrected chi connectivity index (χ1v) is 6.64. The standard InChI is InChI=1S/C17H11FN2O2/c18-13-6-4-11(5-7-13)16-10-22-17-12(2-1-3-15(16)17)8-14(21)9-20-19/h1-7,9-10H,8H2. The molecule has 0 aliphatic carbocycles. The van der Waals surface area contributed by atoms with Crippen LogP contribution in [0.5, 0.6) is 0 Å². The third-order valence-electron chi connectivity index (χ3n) is 3.40. The molecule has 0 N–H and O–H groups in total. The van der Waals surface area contributed by atoms with Crippen molar-refractivity contribution in [2.75, 3.05) is 0 Å². The predicted octanol–water partition coefficient (Wildman–Crippen LogP) is 3.65. The first-order chi connectivity index (χ1) is 10.7. The Hall–Kier alpha value is -3.04. The number of para-hydroxylation sites is 1. The van der Waals surface area contributed by atoms with Gasteiger partial charge in [0.15, 0.2) is 0 Å². The van der Waals surface area contributed by atoms with Crippen LogP contribution in [-0.2, 0) is 11.2 Å². The van der Waals surface area contributed by atoms with Crippen molar-refractivity contribution in [3.8, 4) is 11.1 Å². The van der Waals surface area contributed by atoms with E-state index >= 15 is 0 Å². The average Bonchev–Trinajstić information content (AvgIpc) is 2.93. The lowest BCUT2D eigenvalue weighted by Crippen LogP contribution is -2.04. The molecule has 5 heteroatoms. The second-order valence-corrected chi connectivity index (χ2v) is 4.84. The molecule has 1 aromatic heterocycles. The van der Waals surface area contributed by atoms with E-state index in [1.54, 1.807) is 24.5 Å². The van der Waals surface area contributed by atoms with Gasteiger partial charge in [-0.3, -0.25) is 4.79 Å². The molecule has 22 heavy (non-hydrogen) atoms. The number of rotatable bonds is 4. The number of benzene rings is 2. The van der Waals surface area contributed by atoms with Crippen LogP contribution in [0.2, 0.25) is 0 Å². The summed E-state index contributed by atoms with van der Waals surface area (Å²) in [5.41, 5.74) is 11.4. The number of carbonyl (C=O) groups is 1. The quantitative estimate of drug-likeness (QED) is 0.419. The van der Waals surface area contributed by atoms with Crippen molar-refractivity contribution >= 4 is 23.0 Å². The first-order valence-electron chi connectivity index (χ1n) is 6.64. The molecule has 0 aliphatic heterocycles. The van der Waals surface area contributed by atoms with Gasteiger partial charge in [-0.25, -0.2) is 4.39 Å². The Balaban J connectivity index is 2.07. The third-order valence-corrected chi connectivity index (χ3v) is 3.40. The molecule has 108 valence electrons. The van der Waals surface area contributed by atoms with Crippen LogP contribution in [0.25, 0.3) is 27.6 Å². The van der Waals surface area contributed by atoms with Gasteiger partial charge in [0, 0.05) is 22.9 Å². The van der Waals surface area contributed by atoms with E-state index in [2.05, 4.69) is 4.79 Å². The Morgan fingerprint density at radius 2 is 2.00 bits per heavy atom. The maximum absolute atomic E-state index is 13.0. The average molecular weight is 294 g/mol. The molecule has 0 unspecified atom stereocenters. The Bertz CT molecular complexity index is 891. The fraction of sp³-hybridized carbons (Fsp3) is 0.0588. The molecule has 0 atom stereocenters. The number of nitrogens with zero attached hydrogens (tertiary/aromatic N) is 2. The van der Waals surface area contributed by atoms with Crippen LogP contribution in [0, 0.1) is 5.82 Å². The maximum Gasteiger partial charge on any atom is 0.323 e. The van der Waals surface area contributed by atoms with E-state index in [9.17, 15) is 9.18 Å². The molecule has 0 bridgehead atoms. The monoisotopic (exact) mass is 294 g/mol. The van der Waals surface area contributed by atoms with Gasteiger partial charge in [0.1, 0.15) is 11.4 Å². The lowest BCUT2D eigenvalue weighted by atomic mass is 10.0. The number of ketones is 1. The van der Waals surface area contributed by atoms with Crippen LogP contribution in [0.1, 0.15) is 5.56 Å². The van der Waals surface area contributed by atoms with Gasteiger partial charge < -0.3 is 9.95 Å². The Morgan fingerprint density at radius 3 is 2.73 bits per heavy atom. The largest absolute Gasteiger partial charge is 0.463 e. The number of hydrogen-bond donors (Lipinski definition) is 0. The van der Waals surface area contributed by atoms with Crippen molar-refractivity contribution in [1.82, 2.24) is 0 Å². The van der Waals surface area contributed by atoms with Crippen LogP contribution < -0.4 is 0 Å². The lowest BCUT2D eigenvalue weighted by Gasteiger charge is -2.00. The summed E-state index contributed by atoms with van der Waals surface area (Å²) in [6.45, 7) is 0. The van der Waals surface area contributed by atoms with Crippen molar-refractivity contribution in [2.24, 2.45) is 0 Å². The maximum atomic E-state index is 13.0. The van der Waals surface area contributed by atoms with Crippen molar-refractivity contribution in [3.05, 3.63) is 65.6 Å². The topological polar surface area (TPSA) is 66.6 Å². The van der Waals surface area contributed by atoms with Gasteiger partial charge in [-0.1, -0.05) is 30.3 Å². The van der Waals surface area contributed by atoms with E-state index in [4.69, 9.17) is 9.95 Å². The van der Waals surface area contributed by atoms with Crippen LogP contribution >= 0.6 is 0 Å². The van der Waals surface area contributed by atoms with E-state index in [0.717, 1.165) is 22.7 Å². The fourth-order valence-corrected chi connectivity index (χ4v) is 2.41. The molecule has 1 heterocycles. The highest BCUT2D eigenvalue weighted by molar-refractivity contribution is 6.26. The molecule has 0 saturated heterocycles. The smallest absolute Gasteiger partial charge is 0.323 e. The van der Waals surface area contributed by atoms with Gasteiger partial charge in [0.2, 0.25) is 5.78 Å². The number of halogens is 1. The molecule has 0 saturated carbocycles. The Morgan fingerprint density at radius 1 is 1.23 bits per heavy atom. The normalized spacial score (nSPS) is 10.4. The zero-order valence-corrected chi connectivity index (χ0v) is 11.5. The molecule has 0 spiro atoms. The summed E-state index contributed by atoms with van der Waals surface area (Å²) in [5, 5.41) is 0.845. The summed E-state index contributed by atoms with van der Waals surface area (Å²) in [7, 11) is 0. The summed E-state index contributed by atoms with van der Waals surface area (Å²) in [6.07, 6.45) is 2.53. The van der Waals surface area contributed by atoms with Crippen molar-refractivity contribution in [1.29, 1.82) is 0 Å². The molecule has 3 aromatic rings. The highest BCUT2D eigenvalue weighted by Gasteiger charge is 2.14. The second kappa shape index (κ2) is 5.76. The van der Waals surface area contributed by atoms with E-state index in [0.29, 0.717) is 11.1 Å². The SMILES string of the molecule is [N-]=[N+]=CC(=O)Cc1cccc2c(-c3ccc(F)cc3)coc12. The van der Waals surface area contributed by atoms with Crippen molar-refractivity contribution in [2.45, 2.75) is 6.42 Å². The number of furan rings is 1. The van der Waals surface area contributed by atoms with Gasteiger partial charge in [-0.15, -0.1) is 0 Å². The molecule has 0 radical (unpaired) electrons. The molecule has 0 fully saturated rings. The molecule has 4 nitrogen and oxygen atoms in total. The number of carbonyl (C=O) groups excluding carboxylic acids is 1. The number of hydrogen-bond acceptors (Lipinski definition) is 2. The Kier molecular flexibility index (Phi) is 3.64. The minimum Gasteiger partial charge on any atom is -0.463 e. The summed E-state index contributed by atoms with van der Waals surface area (Å²) in [5.74, 6) is -0.624. The predicted molar refractivity (Wildman–Crippen MR) is 80.0 cm³/mol. The molecular formula is C17H11FN2O2. The second-order valence-electron chi connectivity index (χ2n) is 4.84. The summed E-state index contributed by atoms with van der Waals surface area (Å²) in [4.78, 5) is 14.3. The first kappa shape index (κ1) is 13.9. The zero-order chi connectivity index (χ0) is 15.5. The highest BCUT2D eigenvalue weighted by atomic mass is 19.1. The van der Waals surface area contributed by atoms with Crippen LogP contribution in [-0.4, -0.2) is 16.8 Å². The van der Waals surface area contributed by atoms with E-state index in [-0.39, 0.29) is 18.0 Å². The highest BCUT2D eigenvalue weighted by Crippen LogP contribution is 2.32. The molecule has 3 rings (SSSR count). The van der Waals surface area contributed by atoms with Gasteiger partial charge in [-0.2, -0.15) is 4.79 Å². The van der Waals surface area contributed by atoms with Crippen molar-refractivity contribution in [3.63, 3.8) is 0 Å². The number of Topliss-reactive ketones (excluding diaryl/α,β-unsaturated/α-hetero) is 1. The van der Waals surface area contributed by atoms with Crippen LogP contribution in [0.4, 0.5) is 4.39 Å². The minimum atomic E-state index is -0.324. The van der Waals surface area contributed by atoms with E-state index in [1.165, 1.54) is 12.1 Å².